The Labute approximate surface area is 76.8 Å². The van der Waals surface area contributed by atoms with Crippen LogP contribution >= 0.6 is 0 Å². The van der Waals surface area contributed by atoms with Gasteiger partial charge in [-0.3, -0.25) is 0 Å². The first-order chi connectivity index (χ1) is 6.33. The summed E-state index contributed by atoms with van der Waals surface area (Å²) in [5.74, 6) is -0.233. The molecule has 1 rings (SSSR count). The third kappa shape index (κ3) is 3.67. The average Bonchev–Trinajstić information content (AvgIpc) is 2.15. The molecular weight excluding hydrogens is 167 g/mol. The van der Waals surface area contributed by atoms with Crippen LogP contribution in [0.1, 0.15) is 5.56 Å². The number of hydrogen-bond acceptors (Lipinski definition) is 1. The topological polar surface area (TPSA) is 20.2 Å². The molecule has 0 radical (unpaired) electrons. The van der Waals surface area contributed by atoms with Crippen molar-refractivity contribution in [3.05, 3.63) is 53.9 Å². The van der Waals surface area contributed by atoms with Gasteiger partial charge in [0, 0.05) is 0 Å². The van der Waals surface area contributed by atoms with Gasteiger partial charge in [0.15, 0.2) is 0 Å². The lowest BCUT2D eigenvalue weighted by Gasteiger charge is -1.90. The van der Waals surface area contributed by atoms with Gasteiger partial charge in [0.1, 0.15) is 5.82 Å². The van der Waals surface area contributed by atoms with Gasteiger partial charge in [-0.15, -0.1) is 0 Å². The Kier molecular flexibility index (Phi) is 3.93. The normalized spacial score (nSPS) is 11.5. The molecule has 0 aliphatic rings. The Bertz CT molecular complexity index is 298. The highest BCUT2D eigenvalue weighted by atomic mass is 19.1. The molecular formula is C11H11FO. The Balaban J connectivity index is 2.59. The SMILES string of the molecule is OCC=CC=Cc1ccc(F)cc1. The van der Waals surface area contributed by atoms with Crippen LogP contribution in [0.25, 0.3) is 6.08 Å². The number of benzene rings is 1. The number of hydrogen-bond donors (Lipinski definition) is 1. The lowest BCUT2D eigenvalue weighted by atomic mass is 10.2. The van der Waals surface area contributed by atoms with E-state index in [0.717, 1.165) is 5.56 Å². The van der Waals surface area contributed by atoms with Gasteiger partial charge in [0.25, 0.3) is 0 Å². The van der Waals surface area contributed by atoms with E-state index in [1.807, 2.05) is 6.08 Å². The molecule has 68 valence electrons. The summed E-state index contributed by atoms with van der Waals surface area (Å²) in [6.07, 6.45) is 7.00. The van der Waals surface area contributed by atoms with Crippen molar-refractivity contribution >= 4 is 6.08 Å². The van der Waals surface area contributed by atoms with E-state index in [1.54, 1.807) is 30.4 Å². The van der Waals surface area contributed by atoms with Crippen molar-refractivity contribution in [2.45, 2.75) is 0 Å². The number of aliphatic hydroxyl groups excluding tert-OH is 1. The van der Waals surface area contributed by atoms with Gasteiger partial charge in [-0.05, 0) is 17.7 Å². The molecule has 1 aromatic carbocycles. The largest absolute Gasteiger partial charge is 0.392 e. The minimum absolute atomic E-state index is 0.0355. The lowest BCUT2D eigenvalue weighted by molar-refractivity contribution is 0.343. The van der Waals surface area contributed by atoms with Crippen LogP contribution in [0, 0.1) is 5.82 Å². The summed E-state index contributed by atoms with van der Waals surface area (Å²) in [7, 11) is 0. The molecule has 0 aromatic heterocycles. The molecule has 2 heteroatoms. The smallest absolute Gasteiger partial charge is 0.123 e. The van der Waals surface area contributed by atoms with Gasteiger partial charge in [-0.2, -0.15) is 0 Å². The zero-order valence-electron chi connectivity index (χ0n) is 7.15. The van der Waals surface area contributed by atoms with Crippen molar-refractivity contribution in [1.29, 1.82) is 0 Å². The predicted octanol–water partition coefficient (Wildman–Crippen LogP) is 2.39. The molecule has 0 atom stereocenters. The second kappa shape index (κ2) is 5.27. The minimum atomic E-state index is -0.233. The Morgan fingerprint density at radius 1 is 1.15 bits per heavy atom. The number of allylic oxidation sites excluding steroid dienone is 2. The Morgan fingerprint density at radius 2 is 1.85 bits per heavy atom. The quantitative estimate of drug-likeness (QED) is 0.704. The molecule has 0 aliphatic carbocycles. The van der Waals surface area contributed by atoms with Crippen molar-refractivity contribution in [3.63, 3.8) is 0 Å². The van der Waals surface area contributed by atoms with Crippen LogP contribution in [0.15, 0.2) is 42.5 Å². The third-order valence-electron chi connectivity index (χ3n) is 1.51. The number of rotatable bonds is 3. The Hall–Kier alpha value is -1.41. The van der Waals surface area contributed by atoms with E-state index in [4.69, 9.17) is 5.11 Å². The molecule has 0 saturated carbocycles. The highest BCUT2D eigenvalue weighted by Crippen LogP contribution is 2.04. The molecule has 0 fully saturated rings. The summed E-state index contributed by atoms with van der Waals surface area (Å²) in [6, 6.07) is 6.21. The van der Waals surface area contributed by atoms with E-state index in [-0.39, 0.29) is 12.4 Å². The summed E-state index contributed by atoms with van der Waals surface area (Å²) >= 11 is 0. The van der Waals surface area contributed by atoms with Crippen LogP contribution in [0.5, 0.6) is 0 Å². The van der Waals surface area contributed by atoms with Crippen molar-refractivity contribution in [3.8, 4) is 0 Å². The molecule has 0 saturated heterocycles. The highest BCUT2D eigenvalue weighted by molar-refractivity contribution is 5.50. The van der Waals surface area contributed by atoms with Crippen molar-refractivity contribution in [2.75, 3.05) is 6.61 Å². The van der Waals surface area contributed by atoms with Crippen LogP contribution < -0.4 is 0 Å². The molecule has 0 heterocycles. The highest BCUT2D eigenvalue weighted by Gasteiger charge is 1.86. The van der Waals surface area contributed by atoms with Gasteiger partial charge in [0.05, 0.1) is 6.61 Å². The molecule has 1 aromatic rings. The minimum Gasteiger partial charge on any atom is -0.392 e. The van der Waals surface area contributed by atoms with Crippen molar-refractivity contribution in [2.24, 2.45) is 0 Å². The van der Waals surface area contributed by atoms with Crippen molar-refractivity contribution in [1.82, 2.24) is 0 Å². The molecule has 1 N–H and O–H groups in total. The fourth-order valence-corrected chi connectivity index (χ4v) is 0.880. The zero-order valence-corrected chi connectivity index (χ0v) is 7.15. The van der Waals surface area contributed by atoms with Crippen LogP contribution in [0.4, 0.5) is 4.39 Å². The van der Waals surface area contributed by atoms with Gasteiger partial charge in [0.2, 0.25) is 0 Å². The second-order valence-electron chi connectivity index (χ2n) is 2.52. The summed E-state index contributed by atoms with van der Waals surface area (Å²) in [5, 5.41) is 8.43. The van der Waals surface area contributed by atoms with Gasteiger partial charge in [-0.25, -0.2) is 4.39 Å². The summed E-state index contributed by atoms with van der Waals surface area (Å²) in [6.45, 7) is 0.0355. The molecule has 0 amide bonds. The van der Waals surface area contributed by atoms with Gasteiger partial charge in [-0.1, -0.05) is 36.4 Å². The van der Waals surface area contributed by atoms with Crippen LogP contribution in [-0.4, -0.2) is 11.7 Å². The van der Waals surface area contributed by atoms with E-state index in [9.17, 15) is 4.39 Å². The third-order valence-corrected chi connectivity index (χ3v) is 1.51. The molecule has 1 nitrogen and oxygen atoms in total. The van der Waals surface area contributed by atoms with E-state index >= 15 is 0 Å². The second-order valence-corrected chi connectivity index (χ2v) is 2.52. The standard InChI is InChI=1S/C11H11FO/c12-11-7-5-10(6-8-11)4-2-1-3-9-13/h1-8,13H,9H2. The van der Waals surface area contributed by atoms with Gasteiger partial charge < -0.3 is 5.11 Å². The first-order valence-corrected chi connectivity index (χ1v) is 4.02. The first-order valence-electron chi connectivity index (χ1n) is 4.02. The summed E-state index contributed by atoms with van der Waals surface area (Å²) in [4.78, 5) is 0. The fraction of sp³-hybridized carbons (Fsp3) is 0.0909. The van der Waals surface area contributed by atoms with E-state index in [2.05, 4.69) is 0 Å². The maximum Gasteiger partial charge on any atom is 0.123 e. The fourth-order valence-electron chi connectivity index (χ4n) is 0.880. The first kappa shape index (κ1) is 9.68. The number of aliphatic hydroxyl groups is 1. The average molecular weight is 178 g/mol. The van der Waals surface area contributed by atoms with Crippen LogP contribution in [0.3, 0.4) is 0 Å². The number of halogens is 1. The van der Waals surface area contributed by atoms with E-state index < -0.39 is 0 Å². The molecule has 0 aliphatic heterocycles. The lowest BCUT2D eigenvalue weighted by Crippen LogP contribution is -1.73. The summed E-state index contributed by atoms with van der Waals surface area (Å²) in [5.41, 5.74) is 0.934. The molecule has 0 bridgehead atoms. The molecule has 0 spiro atoms. The van der Waals surface area contributed by atoms with Gasteiger partial charge >= 0.3 is 0 Å². The van der Waals surface area contributed by atoms with E-state index in [1.165, 1.54) is 12.1 Å². The van der Waals surface area contributed by atoms with Crippen molar-refractivity contribution < 1.29 is 9.50 Å². The van der Waals surface area contributed by atoms with E-state index in [0.29, 0.717) is 0 Å². The maximum atomic E-state index is 12.5. The molecule has 0 unspecified atom stereocenters. The van der Waals surface area contributed by atoms with Crippen LogP contribution in [0.2, 0.25) is 0 Å². The maximum absolute atomic E-state index is 12.5. The predicted molar refractivity (Wildman–Crippen MR) is 51.7 cm³/mol. The molecule has 13 heavy (non-hydrogen) atoms. The monoisotopic (exact) mass is 178 g/mol. The van der Waals surface area contributed by atoms with Crippen LogP contribution in [-0.2, 0) is 0 Å². The summed E-state index contributed by atoms with van der Waals surface area (Å²) < 4.78 is 12.5. The Morgan fingerprint density at radius 3 is 2.46 bits per heavy atom. The zero-order chi connectivity index (χ0) is 9.52.